The summed E-state index contributed by atoms with van der Waals surface area (Å²) in [7, 11) is 0. The summed E-state index contributed by atoms with van der Waals surface area (Å²) in [6.07, 6.45) is 6.59. The highest BCUT2D eigenvalue weighted by molar-refractivity contribution is 6.19. The maximum absolute atomic E-state index is 6.45. The van der Waals surface area contributed by atoms with Crippen LogP contribution in [0.1, 0.15) is 18.4 Å². The summed E-state index contributed by atoms with van der Waals surface area (Å²) in [6, 6.07) is 72.4. The van der Waals surface area contributed by atoms with Crippen molar-refractivity contribution < 1.29 is 4.42 Å². The van der Waals surface area contributed by atoms with Crippen LogP contribution in [0.25, 0.3) is 93.3 Å². The van der Waals surface area contributed by atoms with Crippen LogP contribution >= 0.6 is 0 Å². The van der Waals surface area contributed by atoms with Crippen LogP contribution in [0.15, 0.2) is 217 Å². The SMILES string of the molecule is C1=C(c2ccc(N(c3ccc4c(c3)c3ccccc3n4-c3ccccc3)c3cccc4oc5ccccc5c34)cc2)CCC(n2c3ccccc3c3ccc4ccccc4c32)=C1. The molecule has 0 radical (unpaired) electrons. The fourth-order valence-electron chi connectivity index (χ4n) is 10.2. The number of furan rings is 1. The predicted molar refractivity (Wildman–Crippen MR) is 261 cm³/mol. The molecule has 13 rings (SSSR count). The number of allylic oxidation sites excluding steroid dienone is 4. The van der Waals surface area contributed by atoms with E-state index in [2.05, 4.69) is 220 Å². The fourth-order valence-corrected chi connectivity index (χ4v) is 10.2. The highest BCUT2D eigenvalue weighted by Crippen LogP contribution is 2.46. The Morgan fingerprint density at radius 3 is 1.89 bits per heavy atom. The van der Waals surface area contributed by atoms with Crippen LogP contribution in [-0.4, -0.2) is 9.13 Å². The van der Waals surface area contributed by atoms with E-state index in [1.807, 2.05) is 6.07 Å². The first kappa shape index (κ1) is 34.8. The third kappa shape index (κ3) is 5.26. The number of hydrogen-bond donors (Lipinski definition) is 0. The minimum atomic E-state index is 0.873. The smallest absolute Gasteiger partial charge is 0.137 e. The molecule has 3 heterocycles. The molecule has 0 N–H and O–H groups in total. The van der Waals surface area contributed by atoms with Gasteiger partial charge in [-0.05, 0) is 108 Å². The molecule has 62 heavy (non-hydrogen) atoms. The Bertz CT molecular complexity index is 3800. The first-order valence-electron chi connectivity index (χ1n) is 21.5. The number of aromatic nitrogens is 2. The minimum Gasteiger partial charge on any atom is -0.456 e. The van der Waals surface area contributed by atoms with Gasteiger partial charge in [0.2, 0.25) is 0 Å². The maximum atomic E-state index is 6.45. The van der Waals surface area contributed by atoms with E-state index in [9.17, 15) is 0 Å². The summed E-state index contributed by atoms with van der Waals surface area (Å²) in [5, 5.41) is 9.79. The average Bonchev–Trinajstić information content (AvgIpc) is 4.00. The van der Waals surface area contributed by atoms with Gasteiger partial charge >= 0.3 is 0 Å². The van der Waals surface area contributed by atoms with Crippen molar-refractivity contribution >= 4 is 105 Å². The quantitative estimate of drug-likeness (QED) is 0.168. The molecule has 292 valence electrons. The third-order valence-corrected chi connectivity index (χ3v) is 13.0. The second-order valence-corrected chi connectivity index (χ2v) is 16.4. The Kier molecular flexibility index (Phi) is 7.70. The van der Waals surface area contributed by atoms with E-state index in [1.54, 1.807) is 0 Å². The zero-order chi connectivity index (χ0) is 40.7. The van der Waals surface area contributed by atoms with E-state index in [-0.39, 0.29) is 0 Å². The number of anilines is 3. The van der Waals surface area contributed by atoms with Gasteiger partial charge in [0, 0.05) is 55.1 Å². The van der Waals surface area contributed by atoms with Crippen molar-refractivity contribution in [1.29, 1.82) is 0 Å². The molecule has 4 nitrogen and oxygen atoms in total. The molecule has 0 atom stereocenters. The maximum Gasteiger partial charge on any atom is 0.137 e. The summed E-state index contributed by atoms with van der Waals surface area (Å²) in [4.78, 5) is 2.40. The zero-order valence-electron chi connectivity index (χ0n) is 33.9. The molecule has 0 bridgehead atoms. The van der Waals surface area contributed by atoms with Crippen molar-refractivity contribution in [2.75, 3.05) is 4.90 Å². The van der Waals surface area contributed by atoms with Gasteiger partial charge in [-0.2, -0.15) is 0 Å². The average molecular weight is 794 g/mol. The van der Waals surface area contributed by atoms with E-state index in [0.717, 1.165) is 57.5 Å². The predicted octanol–water partition coefficient (Wildman–Crippen LogP) is 16.1. The molecule has 0 fully saturated rings. The molecule has 9 aromatic carbocycles. The van der Waals surface area contributed by atoms with E-state index >= 15 is 0 Å². The summed E-state index contributed by atoms with van der Waals surface area (Å²) in [6.45, 7) is 0. The van der Waals surface area contributed by atoms with Crippen molar-refractivity contribution in [1.82, 2.24) is 9.13 Å². The van der Waals surface area contributed by atoms with Crippen LogP contribution in [0.5, 0.6) is 0 Å². The van der Waals surface area contributed by atoms with Crippen LogP contribution in [-0.2, 0) is 0 Å². The Morgan fingerprint density at radius 2 is 1.08 bits per heavy atom. The Labute approximate surface area is 358 Å². The second-order valence-electron chi connectivity index (χ2n) is 16.4. The lowest BCUT2D eigenvalue weighted by molar-refractivity contribution is 0.669. The molecule has 0 unspecified atom stereocenters. The molecule has 4 heteroatoms. The van der Waals surface area contributed by atoms with E-state index in [1.165, 1.54) is 71.2 Å². The number of hydrogen-bond acceptors (Lipinski definition) is 2. The van der Waals surface area contributed by atoms with Crippen molar-refractivity contribution in [3.05, 3.63) is 218 Å². The first-order valence-corrected chi connectivity index (χ1v) is 21.5. The first-order chi connectivity index (χ1) is 30.8. The second kappa shape index (κ2) is 13.7. The Hall–Kier alpha value is -8.08. The third-order valence-electron chi connectivity index (χ3n) is 13.0. The summed E-state index contributed by atoms with van der Waals surface area (Å²) in [5.74, 6) is 0. The fraction of sp³-hybridized carbons (Fsp3) is 0.0345. The highest BCUT2D eigenvalue weighted by atomic mass is 16.3. The largest absolute Gasteiger partial charge is 0.456 e. The summed E-state index contributed by atoms with van der Waals surface area (Å²) >= 11 is 0. The summed E-state index contributed by atoms with van der Waals surface area (Å²) < 4.78 is 11.3. The van der Waals surface area contributed by atoms with Crippen molar-refractivity contribution in [3.63, 3.8) is 0 Å². The molecular weight excluding hydrogens is 755 g/mol. The number of nitrogens with zero attached hydrogens (tertiary/aromatic N) is 3. The Morgan fingerprint density at radius 1 is 0.419 bits per heavy atom. The standard InChI is InChI=1S/C58H39N3O/c1-2-14-41(15-3-1)60-51-20-9-7-18-47(51)50-37-44(34-36-53(50)60)59(54-22-12-24-56-57(54)49-19-8-11-23-55(49)62-56)42-30-25-38(26-31-42)39-27-32-43(33-28-39)61-52-21-10-6-17-46(52)48-35-29-40-13-4-5-16-45(40)58(48)61/h1-27,29-32,34-37H,28,33H2. The van der Waals surface area contributed by atoms with E-state index in [4.69, 9.17) is 4.42 Å². The van der Waals surface area contributed by atoms with Crippen LogP contribution in [0.2, 0.25) is 0 Å². The molecular formula is C58H39N3O. The lowest BCUT2D eigenvalue weighted by atomic mass is 9.95. The van der Waals surface area contributed by atoms with Crippen LogP contribution in [0, 0.1) is 0 Å². The van der Waals surface area contributed by atoms with Gasteiger partial charge in [-0.1, -0.05) is 133 Å². The van der Waals surface area contributed by atoms with Crippen molar-refractivity contribution in [3.8, 4) is 5.69 Å². The lowest BCUT2D eigenvalue weighted by Gasteiger charge is -2.27. The number of rotatable bonds is 6. The monoisotopic (exact) mass is 793 g/mol. The summed E-state index contributed by atoms with van der Waals surface area (Å²) in [5.41, 5.74) is 15.0. The van der Waals surface area contributed by atoms with Gasteiger partial charge in [0.15, 0.2) is 0 Å². The van der Waals surface area contributed by atoms with E-state index in [0.29, 0.717) is 0 Å². The van der Waals surface area contributed by atoms with Gasteiger partial charge in [-0.3, -0.25) is 0 Å². The van der Waals surface area contributed by atoms with Gasteiger partial charge in [-0.15, -0.1) is 0 Å². The molecule has 0 spiro atoms. The Balaban J connectivity index is 0.945. The van der Waals surface area contributed by atoms with Gasteiger partial charge in [0.25, 0.3) is 0 Å². The molecule has 0 saturated heterocycles. The topological polar surface area (TPSA) is 26.2 Å². The number of benzene rings is 9. The number of para-hydroxylation sites is 4. The highest BCUT2D eigenvalue weighted by Gasteiger charge is 2.23. The molecule has 12 aromatic rings. The minimum absolute atomic E-state index is 0.873. The molecule has 0 amide bonds. The normalized spacial score (nSPS) is 13.2. The molecule has 1 aliphatic rings. The van der Waals surface area contributed by atoms with Gasteiger partial charge in [0.1, 0.15) is 11.2 Å². The zero-order valence-corrected chi connectivity index (χ0v) is 33.9. The molecule has 0 saturated carbocycles. The van der Waals surface area contributed by atoms with Crippen LogP contribution in [0.3, 0.4) is 0 Å². The van der Waals surface area contributed by atoms with Crippen LogP contribution < -0.4 is 4.90 Å². The van der Waals surface area contributed by atoms with E-state index < -0.39 is 0 Å². The van der Waals surface area contributed by atoms with Crippen molar-refractivity contribution in [2.24, 2.45) is 0 Å². The van der Waals surface area contributed by atoms with Gasteiger partial charge in [0.05, 0.1) is 33.1 Å². The molecule has 3 aromatic heterocycles. The van der Waals surface area contributed by atoms with Gasteiger partial charge in [-0.25, -0.2) is 0 Å². The molecule has 0 aliphatic heterocycles. The van der Waals surface area contributed by atoms with Crippen LogP contribution in [0.4, 0.5) is 17.1 Å². The lowest BCUT2D eigenvalue weighted by Crippen LogP contribution is -2.10. The van der Waals surface area contributed by atoms with Crippen molar-refractivity contribution in [2.45, 2.75) is 12.8 Å². The van der Waals surface area contributed by atoms with Gasteiger partial charge < -0.3 is 18.5 Å². The molecule has 1 aliphatic carbocycles. The number of fused-ring (bicyclic) bond motifs is 11.